The van der Waals surface area contributed by atoms with Crippen LogP contribution < -0.4 is 10.5 Å². The molecule has 6 rings (SSSR count). The normalized spacial score (nSPS) is 17.7. The Hall–Kier alpha value is -2.81. The largest absolute Gasteiger partial charge is 0.354 e. The van der Waals surface area contributed by atoms with E-state index in [1.165, 1.54) is 21.2 Å². The summed E-state index contributed by atoms with van der Waals surface area (Å²) in [7, 11) is 2.13. The molecule has 170 valence electrons. The van der Waals surface area contributed by atoms with Crippen molar-refractivity contribution in [2.75, 3.05) is 51.2 Å². The maximum absolute atomic E-state index is 13.3. The Balaban J connectivity index is 1.14. The van der Waals surface area contributed by atoms with Crippen molar-refractivity contribution in [3.05, 3.63) is 63.7 Å². The molecular weight excluding hydrogens is 432 g/mol. The average molecular weight is 461 g/mol. The zero-order valence-corrected chi connectivity index (χ0v) is 19.7. The molecular formula is C25H28N6OS. The second kappa shape index (κ2) is 8.52. The number of rotatable bonds is 4. The van der Waals surface area contributed by atoms with Gasteiger partial charge in [0.05, 0.1) is 11.7 Å². The van der Waals surface area contributed by atoms with Gasteiger partial charge in [-0.05, 0) is 30.5 Å². The first-order valence-corrected chi connectivity index (χ1v) is 12.5. The van der Waals surface area contributed by atoms with Crippen molar-refractivity contribution in [3.8, 4) is 0 Å². The highest BCUT2D eigenvalue weighted by atomic mass is 32.1. The molecule has 0 unspecified atom stereocenters. The molecule has 2 aliphatic heterocycles. The van der Waals surface area contributed by atoms with Crippen molar-refractivity contribution in [3.63, 3.8) is 0 Å². The standard InChI is InChI=1S/C25H28N6OS/c1-28-9-7-20-21(16-28)33-24-22(20)25(32)31(17-27-24)15-12-29-10-13-30(14-11-29)23-19-5-3-2-4-18(19)6-8-26-23/h2-6,8,17H,7,9-16H2,1H3. The maximum atomic E-state index is 13.3. The summed E-state index contributed by atoms with van der Waals surface area (Å²) >= 11 is 1.68. The summed E-state index contributed by atoms with van der Waals surface area (Å²) in [4.78, 5) is 31.9. The maximum Gasteiger partial charge on any atom is 0.262 e. The Labute approximate surface area is 196 Å². The topological polar surface area (TPSA) is 57.5 Å². The lowest BCUT2D eigenvalue weighted by Gasteiger charge is -2.35. The minimum atomic E-state index is 0.126. The predicted octanol–water partition coefficient (Wildman–Crippen LogP) is 2.82. The number of pyridine rings is 1. The van der Waals surface area contributed by atoms with Crippen LogP contribution in [0.15, 0.2) is 47.7 Å². The van der Waals surface area contributed by atoms with Crippen molar-refractivity contribution in [1.82, 2.24) is 24.3 Å². The summed E-state index contributed by atoms with van der Waals surface area (Å²) in [5.74, 6) is 1.08. The monoisotopic (exact) mass is 460 g/mol. The number of likely N-dealkylation sites (N-methyl/N-ethyl adjacent to an activating group) is 1. The Morgan fingerprint density at radius 2 is 1.85 bits per heavy atom. The number of hydrogen-bond acceptors (Lipinski definition) is 7. The third kappa shape index (κ3) is 3.82. The third-order valence-electron chi connectivity index (χ3n) is 7.00. The lowest BCUT2D eigenvalue weighted by molar-refractivity contribution is 0.246. The molecule has 0 radical (unpaired) electrons. The highest BCUT2D eigenvalue weighted by Gasteiger charge is 2.23. The zero-order chi connectivity index (χ0) is 22.4. The van der Waals surface area contributed by atoms with Gasteiger partial charge in [-0.2, -0.15) is 0 Å². The van der Waals surface area contributed by atoms with Crippen LogP contribution in [-0.4, -0.2) is 70.7 Å². The van der Waals surface area contributed by atoms with Gasteiger partial charge in [-0.15, -0.1) is 11.3 Å². The average Bonchev–Trinajstić information content (AvgIpc) is 3.22. The summed E-state index contributed by atoms with van der Waals surface area (Å²) < 4.78 is 1.81. The van der Waals surface area contributed by atoms with E-state index in [4.69, 9.17) is 0 Å². The van der Waals surface area contributed by atoms with Crippen LogP contribution in [0.1, 0.15) is 10.4 Å². The molecule has 0 saturated carbocycles. The molecule has 5 heterocycles. The molecule has 0 aliphatic carbocycles. The highest BCUT2D eigenvalue weighted by Crippen LogP contribution is 2.31. The molecule has 0 amide bonds. The summed E-state index contributed by atoms with van der Waals surface area (Å²) in [6, 6.07) is 10.5. The van der Waals surface area contributed by atoms with Crippen LogP contribution in [0.25, 0.3) is 21.0 Å². The van der Waals surface area contributed by atoms with Crippen LogP contribution in [-0.2, 0) is 19.5 Å². The Morgan fingerprint density at radius 1 is 1.00 bits per heavy atom. The highest BCUT2D eigenvalue weighted by molar-refractivity contribution is 7.18. The van der Waals surface area contributed by atoms with Crippen molar-refractivity contribution < 1.29 is 0 Å². The van der Waals surface area contributed by atoms with Crippen LogP contribution in [0.2, 0.25) is 0 Å². The summed E-state index contributed by atoms with van der Waals surface area (Å²) in [6.45, 7) is 7.29. The van der Waals surface area contributed by atoms with Gasteiger partial charge in [0.1, 0.15) is 10.6 Å². The Morgan fingerprint density at radius 3 is 2.73 bits per heavy atom. The minimum absolute atomic E-state index is 0.126. The summed E-state index contributed by atoms with van der Waals surface area (Å²) in [5.41, 5.74) is 1.36. The van der Waals surface area contributed by atoms with Gasteiger partial charge >= 0.3 is 0 Å². The molecule has 0 atom stereocenters. The molecule has 0 bridgehead atoms. The van der Waals surface area contributed by atoms with Crippen LogP contribution in [0.3, 0.4) is 0 Å². The van der Waals surface area contributed by atoms with Gasteiger partial charge in [0.25, 0.3) is 5.56 Å². The molecule has 1 aromatic carbocycles. The van der Waals surface area contributed by atoms with E-state index in [0.29, 0.717) is 6.54 Å². The Bertz CT molecular complexity index is 1370. The molecule has 3 aromatic heterocycles. The van der Waals surface area contributed by atoms with Gasteiger partial charge < -0.3 is 9.80 Å². The second-order valence-electron chi connectivity index (χ2n) is 9.10. The number of piperazine rings is 1. The van der Waals surface area contributed by atoms with E-state index in [1.54, 1.807) is 17.7 Å². The number of aromatic nitrogens is 3. The van der Waals surface area contributed by atoms with Gasteiger partial charge in [-0.25, -0.2) is 9.97 Å². The zero-order valence-electron chi connectivity index (χ0n) is 18.9. The molecule has 4 aromatic rings. The second-order valence-corrected chi connectivity index (χ2v) is 10.2. The smallest absolute Gasteiger partial charge is 0.262 e. The fraction of sp³-hybridized carbons (Fsp3) is 0.400. The minimum Gasteiger partial charge on any atom is -0.354 e. The Kier molecular flexibility index (Phi) is 5.36. The van der Waals surface area contributed by atoms with Gasteiger partial charge in [-0.1, -0.05) is 24.3 Å². The van der Waals surface area contributed by atoms with Crippen molar-refractivity contribution in [2.45, 2.75) is 19.5 Å². The molecule has 0 spiro atoms. The van der Waals surface area contributed by atoms with E-state index < -0.39 is 0 Å². The fourth-order valence-electron chi connectivity index (χ4n) is 5.09. The van der Waals surface area contributed by atoms with E-state index >= 15 is 0 Å². The number of anilines is 1. The molecule has 0 N–H and O–H groups in total. The van der Waals surface area contributed by atoms with E-state index in [2.05, 4.69) is 62.0 Å². The van der Waals surface area contributed by atoms with Gasteiger partial charge in [0.2, 0.25) is 0 Å². The predicted molar refractivity (Wildman–Crippen MR) is 134 cm³/mol. The first kappa shape index (κ1) is 20.8. The molecule has 1 fully saturated rings. The number of benzene rings is 1. The van der Waals surface area contributed by atoms with Gasteiger partial charge in [0, 0.05) is 68.8 Å². The molecule has 2 aliphatic rings. The lowest BCUT2D eigenvalue weighted by Crippen LogP contribution is -2.47. The van der Waals surface area contributed by atoms with Crippen LogP contribution in [0.4, 0.5) is 5.82 Å². The summed E-state index contributed by atoms with van der Waals surface area (Å²) in [6.07, 6.45) is 4.59. The quantitative estimate of drug-likeness (QED) is 0.467. The van der Waals surface area contributed by atoms with Crippen LogP contribution in [0, 0.1) is 0 Å². The van der Waals surface area contributed by atoms with Crippen molar-refractivity contribution >= 4 is 38.1 Å². The molecule has 1 saturated heterocycles. The van der Waals surface area contributed by atoms with Crippen LogP contribution in [0.5, 0.6) is 0 Å². The first-order valence-electron chi connectivity index (χ1n) is 11.7. The molecule has 8 heteroatoms. The first-order chi connectivity index (χ1) is 16.2. The molecule has 33 heavy (non-hydrogen) atoms. The van der Waals surface area contributed by atoms with E-state index in [0.717, 1.165) is 68.3 Å². The van der Waals surface area contributed by atoms with Gasteiger partial charge in [0.15, 0.2) is 0 Å². The van der Waals surface area contributed by atoms with E-state index in [9.17, 15) is 4.79 Å². The van der Waals surface area contributed by atoms with Crippen LogP contribution >= 0.6 is 11.3 Å². The number of nitrogens with zero attached hydrogens (tertiary/aromatic N) is 6. The number of fused-ring (bicyclic) bond motifs is 4. The fourth-order valence-corrected chi connectivity index (χ4v) is 6.35. The van der Waals surface area contributed by atoms with Gasteiger partial charge in [-0.3, -0.25) is 14.3 Å². The number of hydrogen-bond donors (Lipinski definition) is 0. The van der Waals surface area contributed by atoms with E-state index in [-0.39, 0.29) is 5.56 Å². The third-order valence-corrected chi connectivity index (χ3v) is 8.12. The SMILES string of the molecule is CN1CCc2c(sc3ncn(CCN4CCN(c5nccc6ccccc56)CC4)c(=O)c23)C1. The lowest BCUT2D eigenvalue weighted by atomic mass is 10.1. The molecule has 7 nitrogen and oxygen atoms in total. The van der Waals surface area contributed by atoms with Crippen molar-refractivity contribution in [2.24, 2.45) is 0 Å². The van der Waals surface area contributed by atoms with Crippen molar-refractivity contribution in [1.29, 1.82) is 0 Å². The number of thiophene rings is 1. The summed E-state index contributed by atoms with van der Waals surface area (Å²) in [5, 5.41) is 3.30. The van der Waals surface area contributed by atoms with E-state index in [1.807, 2.05) is 10.8 Å².